The van der Waals surface area contributed by atoms with Crippen molar-refractivity contribution in [2.24, 2.45) is 0 Å². The average Bonchev–Trinajstić information content (AvgIpc) is 1.93. The molecule has 0 radical (unpaired) electrons. The van der Waals surface area contributed by atoms with E-state index in [1.165, 1.54) is 0 Å². The highest BCUT2D eigenvalue weighted by atomic mass is 19.2. The second kappa shape index (κ2) is 2.17. The minimum atomic E-state index is -1.62. The van der Waals surface area contributed by atoms with Crippen LogP contribution in [0, 0.1) is 17.6 Å². The van der Waals surface area contributed by atoms with Gasteiger partial charge in [-0.15, -0.1) is 0 Å². The van der Waals surface area contributed by atoms with Gasteiger partial charge in [-0.25, -0.2) is 9.37 Å². The number of aromatic nitrogens is 1. The van der Waals surface area contributed by atoms with E-state index in [1.807, 2.05) is 0 Å². The third-order valence-electron chi connectivity index (χ3n) is 0.904. The number of hydrogen-bond acceptors (Lipinski definition) is 2. The summed E-state index contributed by atoms with van der Waals surface area (Å²) in [6.45, 7) is 0. The maximum absolute atomic E-state index is 12.1. The molecule has 1 aromatic heterocycles. The van der Waals surface area contributed by atoms with Crippen LogP contribution in [0.15, 0.2) is 6.20 Å². The van der Waals surface area contributed by atoms with Crippen LogP contribution in [0.25, 0.3) is 0 Å². The lowest BCUT2D eigenvalue weighted by atomic mass is 10.4. The Morgan fingerprint density at radius 3 is 2.40 bits per heavy atom. The molecule has 0 spiro atoms. The molecule has 0 aliphatic rings. The van der Waals surface area contributed by atoms with Gasteiger partial charge in [0.05, 0.1) is 6.20 Å². The fraction of sp³-hybridized carbons (Fsp3) is 0. The molecule has 54 valence electrons. The van der Waals surface area contributed by atoms with Crippen LogP contribution in [0.4, 0.5) is 13.2 Å². The molecule has 5 heteroatoms. The van der Waals surface area contributed by atoms with Crippen molar-refractivity contribution >= 4 is 0 Å². The molecule has 0 fully saturated rings. The Kier molecular flexibility index (Phi) is 1.48. The number of halogens is 3. The van der Waals surface area contributed by atoms with Gasteiger partial charge in [0.2, 0.25) is 11.6 Å². The van der Waals surface area contributed by atoms with Crippen molar-refractivity contribution in [2.75, 3.05) is 0 Å². The quantitative estimate of drug-likeness (QED) is 0.562. The van der Waals surface area contributed by atoms with Gasteiger partial charge in [0.15, 0.2) is 5.82 Å². The molecule has 0 saturated carbocycles. The van der Waals surface area contributed by atoms with E-state index in [-0.39, 0.29) is 0 Å². The minimum absolute atomic E-state index is 0.352. The van der Waals surface area contributed by atoms with E-state index in [2.05, 4.69) is 4.98 Å². The second-order valence-corrected chi connectivity index (χ2v) is 1.56. The number of aromatic hydroxyl groups is 1. The van der Waals surface area contributed by atoms with Gasteiger partial charge in [-0.05, 0) is 0 Å². The van der Waals surface area contributed by atoms with Crippen LogP contribution in [0.2, 0.25) is 0 Å². The molecule has 1 N–H and O–H groups in total. The topological polar surface area (TPSA) is 33.1 Å². The lowest BCUT2D eigenvalue weighted by molar-refractivity contribution is 0.363. The monoisotopic (exact) mass is 149 g/mol. The maximum atomic E-state index is 12.1. The van der Waals surface area contributed by atoms with Crippen molar-refractivity contribution < 1.29 is 18.3 Å². The fourth-order valence-electron chi connectivity index (χ4n) is 0.435. The van der Waals surface area contributed by atoms with Crippen molar-refractivity contribution in [1.29, 1.82) is 0 Å². The highest BCUT2D eigenvalue weighted by Crippen LogP contribution is 2.18. The summed E-state index contributed by atoms with van der Waals surface area (Å²) in [7, 11) is 0. The average molecular weight is 149 g/mol. The minimum Gasteiger partial charge on any atom is -0.502 e. The van der Waals surface area contributed by atoms with Crippen molar-refractivity contribution in [3.63, 3.8) is 0 Å². The lowest BCUT2D eigenvalue weighted by Gasteiger charge is -1.94. The summed E-state index contributed by atoms with van der Waals surface area (Å²) in [5, 5.41) is 8.33. The highest BCUT2D eigenvalue weighted by molar-refractivity contribution is 5.19. The number of pyridine rings is 1. The molecular weight excluding hydrogens is 147 g/mol. The van der Waals surface area contributed by atoms with E-state index in [0.29, 0.717) is 6.20 Å². The first-order valence-corrected chi connectivity index (χ1v) is 2.31. The molecule has 0 amide bonds. The highest BCUT2D eigenvalue weighted by Gasteiger charge is 2.12. The molecule has 0 atom stereocenters. The Morgan fingerprint density at radius 1 is 1.30 bits per heavy atom. The van der Waals surface area contributed by atoms with Crippen LogP contribution in [0.3, 0.4) is 0 Å². The smallest absolute Gasteiger partial charge is 0.258 e. The molecule has 0 aromatic carbocycles. The molecule has 0 aliphatic heterocycles. The summed E-state index contributed by atoms with van der Waals surface area (Å²) in [6, 6.07) is 0. The van der Waals surface area contributed by atoms with Gasteiger partial charge in [-0.2, -0.15) is 8.78 Å². The summed E-state index contributed by atoms with van der Waals surface area (Å²) in [6.07, 6.45) is 0.352. The van der Waals surface area contributed by atoms with Crippen LogP contribution in [-0.2, 0) is 0 Å². The molecular formula is C5H2F3NO. The predicted molar refractivity (Wildman–Crippen MR) is 25.8 cm³/mol. The number of rotatable bonds is 0. The van der Waals surface area contributed by atoms with Crippen molar-refractivity contribution in [1.82, 2.24) is 4.98 Å². The van der Waals surface area contributed by atoms with E-state index in [9.17, 15) is 13.2 Å². The molecule has 10 heavy (non-hydrogen) atoms. The zero-order chi connectivity index (χ0) is 7.72. The zero-order valence-corrected chi connectivity index (χ0v) is 4.61. The molecule has 0 saturated heterocycles. The van der Waals surface area contributed by atoms with E-state index in [4.69, 9.17) is 5.11 Å². The van der Waals surface area contributed by atoms with E-state index in [1.54, 1.807) is 0 Å². The van der Waals surface area contributed by atoms with E-state index < -0.39 is 23.3 Å². The number of hydrogen-bond donors (Lipinski definition) is 1. The molecule has 1 aromatic rings. The van der Waals surface area contributed by atoms with Crippen LogP contribution >= 0.6 is 0 Å². The van der Waals surface area contributed by atoms with Gasteiger partial charge >= 0.3 is 0 Å². The summed E-state index contributed by atoms with van der Waals surface area (Å²) >= 11 is 0. The lowest BCUT2D eigenvalue weighted by Crippen LogP contribution is -1.91. The third kappa shape index (κ3) is 0.896. The van der Waals surface area contributed by atoms with E-state index in [0.717, 1.165) is 0 Å². The Hall–Kier alpha value is -1.26. The first-order chi connectivity index (χ1) is 4.63. The van der Waals surface area contributed by atoms with Crippen molar-refractivity contribution in [2.45, 2.75) is 0 Å². The second-order valence-electron chi connectivity index (χ2n) is 1.56. The van der Waals surface area contributed by atoms with Gasteiger partial charge in [0, 0.05) is 0 Å². The van der Waals surface area contributed by atoms with Gasteiger partial charge in [0.25, 0.3) is 5.95 Å². The Balaban J connectivity index is 3.34. The SMILES string of the molecule is Oc1c(F)ncc(F)c1F. The van der Waals surface area contributed by atoms with Crippen LogP contribution < -0.4 is 0 Å². The third-order valence-corrected chi connectivity index (χ3v) is 0.904. The van der Waals surface area contributed by atoms with Crippen molar-refractivity contribution in [3.8, 4) is 5.75 Å². The van der Waals surface area contributed by atoms with Crippen LogP contribution in [0.5, 0.6) is 5.75 Å². The first kappa shape index (κ1) is 6.85. The van der Waals surface area contributed by atoms with Gasteiger partial charge in [0.1, 0.15) is 0 Å². The summed E-state index contributed by atoms with van der Waals surface area (Å²) in [5.74, 6) is -5.80. The zero-order valence-electron chi connectivity index (χ0n) is 4.61. The van der Waals surface area contributed by atoms with E-state index >= 15 is 0 Å². The molecule has 1 heterocycles. The molecule has 1 rings (SSSR count). The Labute approximate surface area is 53.9 Å². The standard InChI is InChI=1S/C5H2F3NO/c6-2-1-9-5(8)4(10)3(2)7/h1,10H. The summed E-state index contributed by atoms with van der Waals surface area (Å²) in [4.78, 5) is 2.71. The summed E-state index contributed by atoms with van der Waals surface area (Å²) in [5.41, 5.74) is 0. The summed E-state index contributed by atoms with van der Waals surface area (Å²) < 4.78 is 36.1. The Bertz CT molecular complexity index is 236. The van der Waals surface area contributed by atoms with Gasteiger partial charge in [-0.1, -0.05) is 0 Å². The fourth-order valence-corrected chi connectivity index (χ4v) is 0.435. The largest absolute Gasteiger partial charge is 0.502 e. The normalized spacial score (nSPS) is 9.90. The van der Waals surface area contributed by atoms with Crippen LogP contribution in [-0.4, -0.2) is 10.1 Å². The van der Waals surface area contributed by atoms with Crippen LogP contribution in [0.1, 0.15) is 0 Å². The van der Waals surface area contributed by atoms with Crippen molar-refractivity contribution in [3.05, 3.63) is 23.8 Å². The number of nitrogens with zero attached hydrogens (tertiary/aromatic N) is 1. The van der Waals surface area contributed by atoms with Gasteiger partial charge < -0.3 is 5.11 Å². The predicted octanol–water partition coefficient (Wildman–Crippen LogP) is 1.20. The van der Waals surface area contributed by atoms with Gasteiger partial charge in [-0.3, -0.25) is 0 Å². The molecule has 0 aliphatic carbocycles. The Morgan fingerprint density at radius 2 is 1.90 bits per heavy atom. The molecule has 0 bridgehead atoms. The first-order valence-electron chi connectivity index (χ1n) is 2.31. The molecule has 0 unspecified atom stereocenters. The molecule has 2 nitrogen and oxygen atoms in total. The maximum Gasteiger partial charge on any atom is 0.258 e.